The molecule has 1 aliphatic carbocycles. The van der Waals surface area contributed by atoms with Gasteiger partial charge in [-0.3, -0.25) is 4.79 Å². The van der Waals surface area contributed by atoms with E-state index >= 15 is 0 Å². The summed E-state index contributed by atoms with van der Waals surface area (Å²) >= 11 is 0. The molecule has 0 unspecified atom stereocenters. The van der Waals surface area contributed by atoms with Gasteiger partial charge >= 0.3 is 0 Å². The maximum Gasteiger partial charge on any atom is 0.227 e. The second-order valence-corrected chi connectivity index (χ2v) is 6.45. The zero-order valence-electron chi connectivity index (χ0n) is 14.7. The number of hydrogen-bond donors (Lipinski definition) is 3. The van der Waals surface area contributed by atoms with Gasteiger partial charge in [-0.1, -0.05) is 12.5 Å². The first-order chi connectivity index (χ1) is 13.3. The first kappa shape index (κ1) is 17.0. The summed E-state index contributed by atoms with van der Waals surface area (Å²) in [5.74, 6) is 2.32. The van der Waals surface area contributed by atoms with E-state index in [0.717, 1.165) is 30.6 Å². The highest BCUT2D eigenvalue weighted by Gasteiger charge is 2.24. The molecule has 0 spiro atoms. The van der Waals surface area contributed by atoms with E-state index in [2.05, 4.69) is 30.9 Å². The van der Waals surface area contributed by atoms with Crippen molar-refractivity contribution in [1.29, 1.82) is 0 Å². The van der Waals surface area contributed by atoms with Crippen LogP contribution >= 0.6 is 0 Å². The molecule has 4 rings (SSSR count). The molecule has 136 valence electrons. The fourth-order valence-electron chi connectivity index (χ4n) is 2.76. The highest BCUT2D eigenvalue weighted by atomic mass is 16.1. The van der Waals surface area contributed by atoms with Gasteiger partial charge in [-0.25, -0.2) is 15.0 Å². The molecule has 1 amide bonds. The van der Waals surface area contributed by atoms with Crippen LogP contribution in [0.5, 0.6) is 0 Å². The quantitative estimate of drug-likeness (QED) is 0.613. The van der Waals surface area contributed by atoms with E-state index in [1.807, 2.05) is 42.5 Å². The summed E-state index contributed by atoms with van der Waals surface area (Å²) in [6, 6.07) is 15.0. The van der Waals surface area contributed by atoms with Gasteiger partial charge in [0, 0.05) is 29.6 Å². The van der Waals surface area contributed by atoms with Gasteiger partial charge in [-0.15, -0.1) is 0 Å². The molecule has 2 heterocycles. The van der Waals surface area contributed by atoms with Crippen molar-refractivity contribution < 1.29 is 4.79 Å². The molecule has 7 heteroatoms. The SMILES string of the molecule is O=C(Nc1ccc(Nc2cc(Nc3ccccn3)ncn2)cc1)C1CCC1. The normalized spacial score (nSPS) is 13.5. The summed E-state index contributed by atoms with van der Waals surface area (Å²) in [7, 11) is 0. The Kier molecular flexibility index (Phi) is 4.91. The standard InChI is InChI=1S/C20H20N6O/c27-20(14-4-3-5-14)25-16-9-7-15(8-10-16)24-18-12-19(23-13-22-18)26-17-6-1-2-11-21-17/h1-2,6-14H,3-5H2,(H,25,27)(H2,21,22,23,24,26). The van der Waals surface area contributed by atoms with Gasteiger partial charge in [-0.2, -0.15) is 0 Å². The lowest BCUT2D eigenvalue weighted by Crippen LogP contribution is -2.27. The number of nitrogens with one attached hydrogen (secondary N) is 3. The number of aromatic nitrogens is 3. The minimum absolute atomic E-state index is 0.114. The predicted octanol–water partition coefficient (Wildman–Crippen LogP) is 4.10. The number of benzene rings is 1. The molecule has 0 aliphatic heterocycles. The number of carbonyl (C=O) groups is 1. The van der Waals surface area contributed by atoms with E-state index in [1.165, 1.54) is 6.33 Å². The van der Waals surface area contributed by atoms with Crippen molar-refractivity contribution in [2.45, 2.75) is 19.3 Å². The van der Waals surface area contributed by atoms with Crippen LogP contribution in [-0.4, -0.2) is 20.9 Å². The number of anilines is 5. The fraction of sp³-hybridized carbons (Fsp3) is 0.200. The van der Waals surface area contributed by atoms with Crippen LogP contribution in [-0.2, 0) is 4.79 Å². The van der Waals surface area contributed by atoms with Crippen molar-refractivity contribution >= 4 is 34.7 Å². The Morgan fingerprint density at radius 2 is 1.59 bits per heavy atom. The van der Waals surface area contributed by atoms with Crippen molar-refractivity contribution in [2.75, 3.05) is 16.0 Å². The molecule has 1 saturated carbocycles. The number of hydrogen-bond acceptors (Lipinski definition) is 6. The van der Waals surface area contributed by atoms with Gasteiger partial charge in [0.1, 0.15) is 23.8 Å². The summed E-state index contributed by atoms with van der Waals surface area (Å²) in [6.07, 6.45) is 6.34. The molecule has 27 heavy (non-hydrogen) atoms. The molecule has 1 aromatic carbocycles. The Balaban J connectivity index is 1.38. The molecule has 7 nitrogen and oxygen atoms in total. The largest absolute Gasteiger partial charge is 0.340 e. The van der Waals surface area contributed by atoms with E-state index in [-0.39, 0.29) is 11.8 Å². The summed E-state index contributed by atoms with van der Waals surface area (Å²) < 4.78 is 0. The molecule has 0 bridgehead atoms. The maximum atomic E-state index is 12.0. The number of rotatable bonds is 6. The van der Waals surface area contributed by atoms with Crippen LogP contribution in [0.4, 0.5) is 28.8 Å². The van der Waals surface area contributed by atoms with E-state index < -0.39 is 0 Å². The molecular weight excluding hydrogens is 340 g/mol. The van der Waals surface area contributed by atoms with Gasteiger partial charge in [0.2, 0.25) is 5.91 Å². The second-order valence-electron chi connectivity index (χ2n) is 6.45. The predicted molar refractivity (Wildman–Crippen MR) is 105 cm³/mol. The van der Waals surface area contributed by atoms with E-state index in [0.29, 0.717) is 17.5 Å². The lowest BCUT2D eigenvalue weighted by atomic mass is 9.85. The number of nitrogens with zero attached hydrogens (tertiary/aromatic N) is 3. The lowest BCUT2D eigenvalue weighted by Gasteiger charge is -2.24. The van der Waals surface area contributed by atoms with Gasteiger partial charge in [0.25, 0.3) is 0 Å². The van der Waals surface area contributed by atoms with Crippen molar-refractivity contribution in [2.24, 2.45) is 5.92 Å². The Bertz CT molecular complexity index is 909. The van der Waals surface area contributed by atoms with Crippen LogP contribution < -0.4 is 16.0 Å². The average molecular weight is 360 g/mol. The minimum Gasteiger partial charge on any atom is -0.340 e. The first-order valence-electron chi connectivity index (χ1n) is 8.94. The third-order valence-corrected chi connectivity index (χ3v) is 4.49. The maximum absolute atomic E-state index is 12.0. The van der Waals surface area contributed by atoms with Gasteiger partial charge in [0.05, 0.1) is 0 Å². The number of pyridine rings is 1. The van der Waals surface area contributed by atoms with Crippen molar-refractivity contribution in [1.82, 2.24) is 15.0 Å². The molecule has 3 aromatic rings. The topological polar surface area (TPSA) is 91.8 Å². The highest BCUT2D eigenvalue weighted by Crippen LogP contribution is 2.28. The Labute approximate surface area is 157 Å². The highest BCUT2D eigenvalue weighted by molar-refractivity contribution is 5.93. The fourth-order valence-corrected chi connectivity index (χ4v) is 2.76. The first-order valence-corrected chi connectivity index (χ1v) is 8.94. The van der Waals surface area contributed by atoms with E-state index in [1.54, 1.807) is 12.3 Å². The third kappa shape index (κ3) is 4.38. The zero-order chi connectivity index (χ0) is 18.5. The molecule has 3 N–H and O–H groups in total. The molecule has 1 aliphatic rings. The van der Waals surface area contributed by atoms with Crippen LogP contribution in [0.15, 0.2) is 61.1 Å². The van der Waals surface area contributed by atoms with Crippen LogP contribution in [0.2, 0.25) is 0 Å². The molecule has 0 atom stereocenters. The number of carbonyl (C=O) groups excluding carboxylic acids is 1. The van der Waals surface area contributed by atoms with Crippen LogP contribution in [0.25, 0.3) is 0 Å². The Hall–Kier alpha value is -3.48. The second kappa shape index (κ2) is 7.82. The summed E-state index contributed by atoms with van der Waals surface area (Å²) in [6.45, 7) is 0. The van der Waals surface area contributed by atoms with Gasteiger partial charge in [0.15, 0.2) is 0 Å². The van der Waals surface area contributed by atoms with Crippen LogP contribution in [0.3, 0.4) is 0 Å². The Morgan fingerprint density at radius 3 is 2.26 bits per heavy atom. The smallest absolute Gasteiger partial charge is 0.227 e. The zero-order valence-corrected chi connectivity index (χ0v) is 14.7. The summed E-state index contributed by atoms with van der Waals surface area (Å²) in [5.41, 5.74) is 1.68. The van der Waals surface area contributed by atoms with Crippen molar-refractivity contribution in [3.05, 3.63) is 61.1 Å². The summed E-state index contributed by atoms with van der Waals surface area (Å²) in [4.78, 5) is 24.7. The molecule has 1 fully saturated rings. The van der Waals surface area contributed by atoms with Gasteiger partial charge in [-0.05, 0) is 49.2 Å². The molecule has 0 radical (unpaired) electrons. The third-order valence-electron chi connectivity index (χ3n) is 4.49. The van der Waals surface area contributed by atoms with Crippen molar-refractivity contribution in [3.63, 3.8) is 0 Å². The molecule has 2 aromatic heterocycles. The number of amides is 1. The Morgan fingerprint density at radius 1 is 0.852 bits per heavy atom. The van der Waals surface area contributed by atoms with E-state index in [4.69, 9.17) is 0 Å². The molecule has 0 saturated heterocycles. The monoisotopic (exact) mass is 360 g/mol. The van der Waals surface area contributed by atoms with Crippen LogP contribution in [0.1, 0.15) is 19.3 Å². The van der Waals surface area contributed by atoms with E-state index in [9.17, 15) is 4.79 Å². The molecular formula is C20H20N6O. The van der Waals surface area contributed by atoms with Gasteiger partial charge < -0.3 is 16.0 Å². The summed E-state index contributed by atoms with van der Waals surface area (Å²) in [5, 5.41) is 9.33. The van der Waals surface area contributed by atoms with Crippen molar-refractivity contribution in [3.8, 4) is 0 Å². The lowest BCUT2D eigenvalue weighted by molar-refractivity contribution is -0.122. The van der Waals surface area contributed by atoms with Crippen LogP contribution in [0, 0.1) is 5.92 Å². The minimum atomic E-state index is 0.114. The average Bonchev–Trinajstić information content (AvgIpc) is 2.63.